The van der Waals surface area contributed by atoms with Crippen molar-refractivity contribution in [3.63, 3.8) is 0 Å². The standard InChI is InChI=1S/C21H21ClN4O3/c22-17-6-8-18(9-7-17)26-21(28)19(20(27)23-24-10-12-29-13-11-24)15-25(26)14-16-4-2-1-3-5-16/h1-9,15H,10-14H2,(H,23,27). The number of hydrogen-bond acceptors (Lipinski definition) is 4. The summed E-state index contributed by atoms with van der Waals surface area (Å²) in [5, 5.41) is 2.35. The Labute approximate surface area is 173 Å². The number of aromatic nitrogens is 2. The minimum atomic E-state index is -0.425. The molecule has 0 unspecified atom stereocenters. The van der Waals surface area contributed by atoms with Crippen molar-refractivity contribution in [3.05, 3.63) is 87.3 Å². The van der Waals surface area contributed by atoms with Crippen LogP contribution < -0.4 is 11.0 Å². The zero-order chi connectivity index (χ0) is 20.2. The number of benzene rings is 2. The van der Waals surface area contributed by atoms with E-state index >= 15 is 0 Å². The van der Waals surface area contributed by atoms with Crippen LogP contribution in [0.2, 0.25) is 5.02 Å². The van der Waals surface area contributed by atoms with Crippen LogP contribution in [-0.2, 0) is 11.3 Å². The number of carbonyl (C=O) groups excluding carboxylic acids is 1. The Hall–Kier alpha value is -2.87. The summed E-state index contributed by atoms with van der Waals surface area (Å²) in [6.07, 6.45) is 1.60. The maximum atomic E-state index is 13.2. The van der Waals surface area contributed by atoms with Gasteiger partial charge < -0.3 is 4.74 Å². The van der Waals surface area contributed by atoms with Gasteiger partial charge >= 0.3 is 0 Å². The molecule has 0 bridgehead atoms. The average molecular weight is 413 g/mol. The number of nitrogens with one attached hydrogen (secondary N) is 1. The maximum absolute atomic E-state index is 13.2. The van der Waals surface area contributed by atoms with Crippen LogP contribution in [0.1, 0.15) is 15.9 Å². The zero-order valence-electron chi connectivity index (χ0n) is 15.8. The van der Waals surface area contributed by atoms with E-state index in [0.29, 0.717) is 43.6 Å². The molecule has 1 fully saturated rings. The molecule has 0 spiro atoms. The summed E-state index contributed by atoms with van der Waals surface area (Å²) in [6, 6.07) is 16.7. The first-order valence-electron chi connectivity index (χ1n) is 9.38. The quantitative estimate of drug-likeness (QED) is 0.698. The number of carbonyl (C=O) groups is 1. The second-order valence-electron chi connectivity index (χ2n) is 6.76. The van der Waals surface area contributed by atoms with Crippen molar-refractivity contribution in [2.24, 2.45) is 0 Å². The fourth-order valence-corrected chi connectivity index (χ4v) is 3.39. The van der Waals surface area contributed by atoms with Crippen molar-refractivity contribution in [1.29, 1.82) is 0 Å². The Morgan fingerprint density at radius 2 is 1.72 bits per heavy atom. The van der Waals surface area contributed by atoms with Crippen LogP contribution in [0.4, 0.5) is 0 Å². The van der Waals surface area contributed by atoms with Gasteiger partial charge in [-0.25, -0.2) is 9.69 Å². The summed E-state index contributed by atoms with van der Waals surface area (Å²) in [4.78, 5) is 25.9. The molecular weight excluding hydrogens is 392 g/mol. The lowest BCUT2D eigenvalue weighted by molar-refractivity contribution is 0.0126. The predicted molar refractivity (Wildman–Crippen MR) is 110 cm³/mol. The Bertz CT molecular complexity index is 1040. The van der Waals surface area contributed by atoms with Crippen LogP contribution in [0.15, 0.2) is 65.6 Å². The van der Waals surface area contributed by atoms with Gasteiger partial charge in [-0.05, 0) is 29.8 Å². The highest BCUT2D eigenvalue weighted by molar-refractivity contribution is 6.30. The molecule has 0 aliphatic carbocycles. The number of ether oxygens (including phenoxy) is 1. The molecule has 29 heavy (non-hydrogen) atoms. The van der Waals surface area contributed by atoms with E-state index in [1.807, 2.05) is 30.3 Å². The molecule has 0 radical (unpaired) electrons. The third-order valence-corrected chi connectivity index (χ3v) is 4.98. The summed E-state index contributed by atoms with van der Waals surface area (Å²) < 4.78 is 8.54. The molecular formula is C21H21ClN4O3. The lowest BCUT2D eigenvalue weighted by Gasteiger charge is -2.26. The molecule has 1 aliphatic heterocycles. The van der Waals surface area contributed by atoms with Gasteiger partial charge in [0.2, 0.25) is 0 Å². The minimum Gasteiger partial charge on any atom is -0.379 e. The normalized spacial score (nSPS) is 14.7. The van der Waals surface area contributed by atoms with Crippen LogP contribution in [0.25, 0.3) is 5.69 Å². The molecule has 1 saturated heterocycles. The first-order valence-corrected chi connectivity index (χ1v) is 9.75. The van der Waals surface area contributed by atoms with Crippen molar-refractivity contribution in [1.82, 2.24) is 19.8 Å². The summed E-state index contributed by atoms with van der Waals surface area (Å²) in [7, 11) is 0. The van der Waals surface area contributed by atoms with Crippen molar-refractivity contribution in [2.75, 3.05) is 26.3 Å². The molecule has 2 heterocycles. The molecule has 1 N–H and O–H groups in total. The SMILES string of the molecule is O=C(NN1CCOCC1)c1cn(Cc2ccccc2)n(-c2ccc(Cl)cc2)c1=O. The van der Waals surface area contributed by atoms with Gasteiger partial charge in [0.25, 0.3) is 11.5 Å². The van der Waals surface area contributed by atoms with Crippen molar-refractivity contribution < 1.29 is 9.53 Å². The number of rotatable bonds is 5. The van der Waals surface area contributed by atoms with E-state index in [1.165, 1.54) is 4.68 Å². The highest BCUT2D eigenvalue weighted by atomic mass is 35.5. The van der Waals surface area contributed by atoms with Gasteiger partial charge in [0.15, 0.2) is 0 Å². The van der Waals surface area contributed by atoms with Crippen LogP contribution in [-0.4, -0.2) is 46.6 Å². The Balaban J connectivity index is 1.70. The molecule has 7 nitrogen and oxygen atoms in total. The number of amides is 1. The monoisotopic (exact) mass is 412 g/mol. The molecule has 150 valence electrons. The van der Waals surface area contributed by atoms with Crippen molar-refractivity contribution >= 4 is 17.5 Å². The Kier molecular flexibility index (Phi) is 5.80. The third-order valence-electron chi connectivity index (χ3n) is 4.73. The molecule has 3 aromatic rings. The summed E-state index contributed by atoms with van der Waals surface area (Å²) in [5.41, 5.74) is 4.17. The minimum absolute atomic E-state index is 0.0855. The first-order chi connectivity index (χ1) is 14.1. The van der Waals surface area contributed by atoms with Crippen molar-refractivity contribution in [2.45, 2.75) is 6.54 Å². The fraction of sp³-hybridized carbons (Fsp3) is 0.238. The largest absolute Gasteiger partial charge is 0.379 e. The zero-order valence-corrected chi connectivity index (χ0v) is 16.5. The summed E-state index contributed by atoms with van der Waals surface area (Å²) >= 11 is 6.00. The van der Waals surface area contributed by atoms with Gasteiger partial charge in [-0.1, -0.05) is 41.9 Å². The van der Waals surface area contributed by atoms with Crippen molar-refractivity contribution in [3.8, 4) is 5.69 Å². The smallest absolute Gasteiger partial charge is 0.284 e. The summed E-state index contributed by atoms with van der Waals surface area (Å²) in [5.74, 6) is -0.425. The molecule has 2 aromatic carbocycles. The molecule has 4 rings (SSSR count). The first kappa shape index (κ1) is 19.4. The van der Waals surface area contributed by atoms with E-state index < -0.39 is 5.91 Å². The molecule has 0 saturated carbocycles. The molecule has 1 amide bonds. The van der Waals surface area contributed by atoms with Gasteiger partial charge in [-0.2, -0.15) is 0 Å². The maximum Gasteiger partial charge on any atom is 0.284 e. The van der Waals surface area contributed by atoms with Gasteiger partial charge in [0.1, 0.15) is 5.56 Å². The number of nitrogens with zero attached hydrogens (tertiary/aromatic N) is 3. The number of hydrazine groups is 1. The number of halogens is 1. The third kappa shape index (κ3) is 4.42. The average Bonchev–Trinajstić information content (AvgIpc) is 3.06. The lowest BCUT2D eigenvalue weighted by atomic mass is 10.2. The van der Waals surface area contributed by atoms with E-state index in [1.54, 1.807) is 40.2 Å². The van der Waals surface area contributed by atoms with Gasteiger partial charge in [-0.15, -0.1) is 0 Å². The molecule has 1 aromatic heterocycles. The summed E-state index contributed by atoms with van der Waals surface area (Å²) in [6.45, 7) is 2.71. The lowest BCUT2D eigenvalue weighted by Crippen LogP contribution is -2.49. The van der Waals surface area contributed by atoms with Crippen LogP contribution in [0.3, 0.4) is 0 Å². The van der Waals surface area contributed by atoms with E-state index in [4.69, 9.17) is 16.3 Å². The Morgan fingerprint density at radius 1 is 1.03 bits per heavy atom. The van der Waals surface area contributed by atoms with Gasteiger partial charge in [0.05, 0.1) is 25.4 Å². The topological polar surface area (TPSA) is 68.5 Å². The highest BCUT2D eigenvalue weighted by Gasteiger charge is 2.21. The van der Waals surface area contributed by atoms with E-state index in [9.17, 15) is 9.59 Å². The number of hydrogen-bond donors (Lipinski definition) is 1. The van der Waals surface area contributed by atoms with Crippen LogP contribution in [0.5, 0.6) is 0 Å². The fourth-order valence-electron chi connectivity index (χ4n) is 3.26. The molecule has 8 heteroatoms. The van der Waals surface area contributed by atoms with E-state index in [0.717, 1.165) is 5.56 Å². The number of morpholine rings is 1. The van der Waals surface area contributed by atoms with Gasteiger partial charge in [0, 0.05) is 24.3 Å². The van der Waals surface area contributed by atoms with Crippen LogP contribution in [0, 0.1) is 0 Å². The second-order valence-corrected chi connectivity index (χ2v) is 7.20. The van der Waals surface area contributed by atoms with E-state index in [2.05, 4.69) is 5.43 Å². The highest BCUT2D eigenvalue weighted by Crippen LogP contribution is 2.14. The van der Waals surface area contributed by atoms with Crippen LogP contribution >= 0.6 is 11.6 Å². The predicted octanol–water partition coefficient (Wildman–Crippen LogP) is 2.32. The van der Waals surface area contributed by atoms with Gasteiger partial charge in [-0.3, -0.25) is 19.7 Å². The molecule has 0 atom stereocenters. The second kappa shape index (κ2) is 8.65. The Morgan fingerprint density at radius 3 is 2.41 bits per heavy atom. The molecule has 1 aliphatic rings. The van der Waals surface area contributed by atoms with E-state index in [-0.39, 0.29) is 11.1 Å².